The number of aliphatic hydroxyl groups is 1. The van der Waals surface area contributed by atoms with Crippen molar-refractivity contribution < 1.29 is 19.0 Å². The Labute approximate surface area is 136 Å². The lowest BCUT2D eigenvalue weighted by molar-refractivity contribution is -0.129. The van der Waals surface area contributed by atoms with E-state index in [0.29, 0.717) is 38.3 Å². The highest BCUT2D eigenvalue weighted by Crippen LogP contribution is 2.23. The molecule has 2 N–H and O–H groups in total. The molecule has 1 fully saturated rings. The Kier molecular flexibility index (Phi) is 6.95. The molecule has 1 aromatic carbocycles. The molecule has 0 bridgehead atoms. The number of carbonyl (C=O) groups is 1. The van der Waals surface area contributed by atoms with E-state index in [9.17, 15) is 9.18 Å². The van der Waals surface area contributed by atoms with Crippen LogP contribution in [0.25, 0.3) is 0 Å². The van der Waals surface area contributed by atoms with E-state index in [-0.39, 0.29) is 24.4 Å². The minimum atomic E-state index is -0.539. The van der Waals surface area contributed by atoms with Crippen molar-refractivity contribution >= 4 is 5.91 Å². The average Bonchev–Trinajstić information content (AvgIpc) is 2.56. The number of nitrogens with zero attached hydrogens (tertiary/aromatic N) is 1. The highest BCUT2D eigenvalue weighted by molar-refractivity contribution is 5.83. The van der Waals surface area contributed by atoms with E-state index in [1.165, 1.54) is 12.1 Å². The number of amides is 1. The van der Waals surface area contributed by atoms with Crippen molar-refractivity contribution in [1.82, 2.24) is 10.2 Å². The molecule has 1 saturated heterocycles. The highest BCUT2D eigenvalue weighted by atomic mass is 19.1. The summed E-state index contributed by atoms with van der Waals surface area (Å²) in [5, 5.41) is 12.1. The molecule has 2 rings (SSSR count). The standard InChI is InChI=1S/C17H25FN2O3/c1-2-15(6-9-21)19-17(22)16(20-7-10-23-11-8-20)13-4-3-5-14(18)12-13/h3-5,12,15-16,21H,2,6-11H2,1H3,(H,19,22). The summed E-state index contributed by atoms with van der Waals surface area (Å²) in [7, 11) is 0. The summed E-state index contributed by atoms with van der Waals surface area (Å²) in [5.41, 5.74) is 0.642. The summed E-state index contributed by atoms with van der Waals surface area (Å²) in [6.07, 6.45) is 1.26. The van der Waals surface area contributed by atoms with Gasteiger partial charge in [-0.2, -0.15) is 0 Å². The van der Waals surface area contributed by atoms with Crippen LogP contribution in [0.3, 0.4) is 0 Å². The molecule has 0 aromatic heterocycles. The van der Waals surface area contributed by atoms with Crippen LogP contribution < -0.4 is 5.32 Å². The summed E-state index contributed by atoms with van der Waals surface area (Å²) in [6, 6.07) is 5.56. The first-order valence-electron chi connectivity index (χ1n) is 8.14. The zero-order chi connectivity index (χ0) is 16.7. The first-order chi connectivity index (χ1) is 11.2. The molecule has 0 spiro atoms. The Balaban J connectivity index is 2.20. The molecule has 2 unspecified atom stereocenters. The maximum absolute atomic E-state index is 13.6. The molecule has 1 amide bonds. The lowest BCUT2D eigenvalue weighted by atomic mass is 10.0. The van der Waals surface area contributed by atoms with E-state index in [1.807, 2.05) is 11.8 Å². The Morgan fingerprint density at radius 1 is 1.43 bits per heavy atom. The van der Waals surface area contributed by atoms with Gasteiger partial charge in [-0.05, 0) is 30.5 Å². The fraction of sp³-hybridized carbons (Fsp3) is 0.588. The molecule has 5 nitrogen and oxygen atoms in total. The minimum absolute atomic E-state index is 0.0287. The number of rotatable bonds is 7. The van der Waals surface area contributed by atoms with Crippen molar-refractivity contribution in [2.45, 2.75) is 31.8 Å². The molecule has 0 aliphatic carbocycles. The van der Waals surface area contributed by atoms with E-state index in [0.717, 1.165) is 6.42 Å². The molecule has 1 aromatic rings. The van der Waals surface area contributed by atoms with E-state index >= 15 is 0 Å². The molecule has 128 valence electrons. The molecule has 23 heavy (non-hydrogen) atoms. The predicted molar refractivity (Wildman–Crippen MR) is 85.5 cm³/mol. The van der Waals surface area contributed by atoms with Gasteiger partial charge in [0, 0.05) is 25.7 Å². The average molecular weight is 324 g/mol. The summed E-state index contributed by atoms with van der Waals surface area (Å²) < 4.78 is 18.9. The largest absolute Gasteiger partial charge is 0.396 e. The zero-order valence-corrected chi connectivity index (χ0v) is 13.5. The molecular formula is C17H25FN2O3. The van der Waals surface area contributed by atoms with E-state index in [1.54, 1.807) is 12.1 Å². The van der Waals surface area contributed by atoms with E-state index in [2.05, 4.69) is 5.32 Å². The normalized spacial score (nSPS) is 18.4. The Hall–Kier alpha value is -1.50. The third-order valence-electron chi connectivity index (χ3n) is 4.14. The van der Waals surface area contributed by atoms with Crippen LogP contribution in [-0.2, 0) is 9.53 Å². The summed E-state index contributed by atoms with van der Waals surface area (Å²) in [6.45, 7) is 4.38. The van der Waals surface area contributed by atoms with Gasteiger partial charge in [0.05, 0.1) is 13.2 Å². The maximum Gasteiger partial charge on any atom is 0.242 e. The number of halogens is 1. The fourth-order valence-electron chi connectivity index (χ4n) is 2.85. The topological polar surface area (TPSA) is 61.8 Å². The van der Waals surface area contributed by atoms with Crippen molar-refractivity contribution in [3.8, 4) is 0 Å². The number of aliphatic hydroxyl groups excluding tert-OH is 1. The lowest BCUT2D eigenvalue weighted by Crippen LogP contribution is -2.48. The van der Waals surface area contributed by atoms with Gasteiger partial charge in [-0.25, -0.2) is 4.39 Å². The SMILES string of the molecule is CCC(CCO)NC(=O)C(c1cccc(F)c1)N1CCOCC1. The second-order valence-electron chi connectivity index (χ2n) is 5.73. The number of carbonyl (C=O) groups excluding carboxylic acids is 1. The third kappa shape index (κ3) is 4.99. The first kappa shape index (κ1) is 17.8. The van der Waals surface area contributed by atoms with Gasteiger partial charge in [0.1, 0.15) is 11.9 Å². The Bertz CT molecular complexity index is 506. The third-order valence-corrected chi connectivity index (χ3v) is 4.14. The minimum Gasteiger partial charge on any atom is -0.396 e. The summed E-state index contributed by atoms with van der Waals surface area (Å²) in [4.78, 5) is 14.8. The van der Waals surface area contributed by atoms with E-state index < -0.39 is 6.04 Å². The Morgan fingerprint density at radius 3 is 2.78 bits per heavy atom. The second kappa shape index (κ2) is 8.96. The quantitative estimate of drug-likeness (QED) is 0.797. The molecule has 2 atom stereocenters. The van der Waals surface area contributed by atoms with Gasteiger partial charge in [0.15, 0.2) is 0 Å². The van der Waals surface area contributed by atoms with Crippen LogP contribution in [0.1, 0.15) is 31.4 Å². The molecule has 1 heterocycles. The van der Waals surface area contributed by atoms with Crippen molar-refractivity contribution in [3.05, 3.63) is 35.6 Å². The van der Waals surface area contributed by atoms with Crippen LogP contribution in [0.15, 0.2) is 24.3 Å². The number of benzene rings is 1. The molecule has 1 aliphatic rings. The Morgan fingerprint density at radius 2 is 2.17 bits per heavy atom. The van der Waals surface area contributed by atoms with E-state index in [4.69, 9.17) is 9.84 Å². The smallest absolute Gasteiger partial charge is 0.242 e. The van der Waals surface area contributed by atoms with Crippen LogP contribution in [0.4, 0.5) is 4.39 Å². The van der Waals surface area contributed by atoms with Crippen LogP contribution in [0.5, 0.6) is 0 Å². The summed E-state index contributed by atoms with van der Waals surface area (Å²) in [5.74, 6) is -0.506. The van der Waals surface area contributed by atoms with Crippen LogP contribution in [0.2, 0.25) is 0 Å². The van der Waals surface area contributed by atoms with Crippen molar-refractivity contribution in [2.75, 3.05) is 32.9 Å². The fourth-order valence-corrected chi connectivity index (χ4v) is 2.85. The lowest BCUT2D eigenvalue weighted by Gasteiger charge is -2.34. The first-order valence-corrected chi connectivity index (χ1v) is 8.14. The highest BCUT2D eigenvalue weighted by Gasteiger charge is 2.30. The van der Waals surface area contributed by atoms with Gasteiger partial charge in [-0.3, -0.25) is 9.69 Å². The molecule has 1 aliphatic heterocycles. The molecular weight excluding hydrogens is 299 g/mol. The zero-order valence-electron chi connectivity index (χ0n) is 13.5. The van der Waals surface area contributed by atoms with Gasteiger partial charge in [-0.1, -0.05) is 19.1 Å². The monoisotopic (exact) mass is 324 g/mol. The van der Waals surface area contributed by atoms with Crippen molar-refractivity contribution in [3.63, 3.8) is 0 Å². The van der Waals surface area contributed by atoms with Crippen molar-refractivity contribution in [1.29, 1.82) is 0 Å². The summed E-state index contributed by atoms with van der Waals surface area (Å²) >= 11 is 0. The van der Waals surface area contributed by atoms with Crippen molar-refractivity contribution in [2.24, 2.45) is 0 Å². The number of hydrogen-bond donors (Lipinski definition) is 2. The number of ether oxygens (including phenoxy) is 1. The maximum atomic E-state index is 13.6. The van der Waals surface area contributed by atoms with Gasteiger partial charge in [0.2, 0.25) is 5.91 Å². The van der Waals surface area contributed by atoms with Gasteiger partial charge in [0.25, 0.3) is 0 Å². The molecule has 0 radical (unpaired) electrons. The van der Waals surface area contributed by atoms with Gasteiger partial charge < -0.3 is 15.2 Å². The van der Waals surface area contributed by atoms with Crippen LogP contribution >= 0.6 is 0 Å². The molecule has 0 saturated carbocycles. The molecule has 6 heteroatoms. The van der Waals surface area contributed by atoms with Gasteiger partial charge in [-0.15, -0.1) is 0 Å². The number of nitrogens with one attached hydrogen (secondary N) is 1. The predicted octanol–water partition coefficient (Wildman–Crippen LogP) is 1.48. The number of hydrogen-bond acceptors (Lipinski definition) is 4. The van der Waals surface area contributed by atoms with Gasteiger partial charge >= 0.3 is 0 Å². The second-order valence-corrected chi connectivity index (χ2v) is 5.73. The van der Waals surface area contributed by atoms with Crippen LogP contribution in [0, 0.1) is 5.82 Å². The number of morpholine rings is 1. The van der Waals surface area contributed by atoms with Crippen LogP contribution in [-0.4, -0.2) is 54.9 Å².